The second kappa shape index (κ2) is 9.02. The topological polar surface area (TPSA) is 78.4 Å². The van der Waals surface area contributed by atoms with Crippen LogP contribution in [0.5, 0.6) is 0 Å². The Hall–Kier alpha value is -1.09. The standard InChI is InChI=1S/C17H21ClN2O3S2/c1-12(19-10-13-5-3-2-4-6-13)15(11-21)20-25(22,23)17-9-14(18)7-8-16(17)24/h2-7,9,12,15,19-21H,8,10-11H2,1H3/t12?,15-/m1/s1. The molecule has 0 spiro atoms. The summed E-state index contributed by atoms with van der Waals surface area (Å²) in [6.45, 7) is 2.04. The molecule has 0 heterocycles. The number of aliphatic hydroxyl groups excluding tert-OH is 1. The summed E-state index contributed by atoms with van der Waals surface area (Å²) < 4.78 is 27.7. The summed E-state index contributed by atoms with van der Waals surface area (Å²) >= 11 is 11.0. The molecule has 0 amide bonds. The van der Waals surface area contributed by atoms with Crippen LogP contribution in [0.4, 0.5) is 0 Å². The summed E-state index contributed by atoms with van der Waals surface area (Å²) in [4.78, 5) is 0.294. The van der Waals surface area contributed by atoms with Crippen LogP contribution < -0.4 is 10.0 Å². The smallest absolute Gasteiger partial charge is 0.242 e. The van der Waals surface area contributed by atoms with E-state index in [9.17, 15) is 13.5 Å². The van der Waals surface area contributed by atoms with Crippen molar-refractivity contribution in [2.75, 3.05) is 6.61 Å². The van der Waals surface area contributed by atoms with Gasteiger partial charge in [0.1, 0.15) is 0 Å². The van der Waals surface area contributed by atoms with Gasteiger partial charge in [-0.1, -0.05) is 60.2 Å². The lowest BCUT2D eigenvalue weighted by atomic mass is 10.1. The molecule has 2 atom stereocenters. The summed E-state index contributed by atoms with van der Waals surface area (Å²) in [7, 11) is -3.86. The molecule has 1 unspecified atom stereocenters. The van der Waals surface area contributed by atoms with Gasteiger partial charge in [0.15, 0.2) is 0 Å². The maximum atomic E-state index is 12.6. The average Bonchev–Trinajstić information content (AvgIpc) is 2.60. The molecule has 5 nitrogen and oxygen atoms in total. The van der Waals surface area contributed by atoms with E-state index in [4.69, 9.17) is 23.8 Å². The molecule has 0 fully saturated rings. The van der Waals surface area contributed by atoms with Gasteiger partial charge in [-0.25, -0.2) is 13.1 Å². The van der Waals surface area contributed by atoms with Crippen LogP contribution in [0.15, 0.2) is 52.4 Å². The minimum Gasteiger partial charge on any atom is -0.395 e. The van der Waals surface area contributed by atoms with Crippen molar-refractivity contribution < 1.29 is 13.5 Å². The quantitative estimate of drug-likeness (QED) is 0.583. The first-order valence-corrected chi connectivity index (χ1v) is 10.1. The van der Waals surface area contributed by atoms with E-state index in [-0.39, 0.29) is 17.6 Å². The van der Waals surface area contributed by atoms with Crippen molar-refractivity contribution >= 4 is 38.7 Å². The van der Waals surface area contributed by atoms with Gasteiger partial charge in [-0.3, -0.25) is 0 Å². The fourth-order valence-corrected chi connectivity index (χ4v) is 4.55. The van der Waals surface area contributed by atoms with Crippen LogP contribution in [0.25, 0.3) is 0 Å². The first kappa shape index (κ1) is 20.2. The van der Waals surface area contributed by atoms with Gasteiger partial charge in [0.2, 0.25) is 10.0 Å². The van der Waals surface area contributed by atoms with Gasteiger partial charge in [0, 0.05) is 28.9 Å². The van der Waals surface area contributed by atoms with Gasteiger partial charge < -0.3 is 10.4 Å². The Labute approximate surface area is 158 Å². The van der Waals surface area contributed by atoms with Crippen molar-refractivity contribution in [2.24, 2.45) is 0 Å². The van der Waals surface area contributed by atoms with Gasteiger partial charge in [-0.05, 0) is 18.6 Å². The first-order chi connectivity index (χ1) is 11.8. The molecule has 25 heavy (non-hydrogen) atoms. The van der Waals surface area contributed by atoms with E-state index in [0.717, 1.165) is 5.56 Å². The number of hydrogen-bond acceptors (Lipinski definition) is 5. The Balaban J connectivity index is 2.04. The number of hydrogen-bond donors (Lipinski definition) is 3. The van der Waals surface area contributed by atoms with Gasteiger partial charge in [0.05, 0.1) is 17.6 Å². The highest BCUT2D eigenvalue weighted by Crippen LogP contribution is 2.22. The zero-order valence-corrected chi connectivity index (χ0v) is 16.2. The SMILES string of the molecule is CC(NCc1ccccc1)[C@@H](CO)NS(=O)(=O)C1=CC(Cl)=CCC1=S. The number of rotatable bonds is 8. The maximum absolute atomic E-state index is 12.6. The number of benzene rings is 1. The Morgan fingerprint density at radius 2 is 2.00 bits per heavy atom. The fraction of sp³-hybridized carbons (Fsp3) is 0.353. The summed E-state index contributed by atoms with van der Waals surface area (Å²) in [5.74, 6) is 0. The molecular weight excluding hydrogens is 380 g/mol. The second-order valence-corrected chi connectivity index (χ2v) is 8.40. The van der Waals surface area contributed by atoms with Crippen molar-refractivity contribution in [1.82, 2.24) is 10.0 Å². The summed E-state index contributed by atoms with van der Waals surface area (Å²) in [5.41, 5.74) is 1.07. The van der Waals surface area contributed by atoms with Crippen LogP contribution in [0.3, 0.4) is 0 Å². The minimum atomic E-state index is -3.86. The third-order valence-corrected chi connectivity index (χ3v) is 6.23. The molecule has 0 saturated carbocycles. The maximum Gasteiger partial charge on any atom is 0.242 e. The van der Waals surface area contributed by atoms with Crippen LogP contribution in [0, 0.1) is 0 Å². The van der Waals surface area contributed by atoms with Crippen LogP contribution in [-0.4, -0.2) is 37.1 Å². The van der Waals surface area contributed by atoms with Gasteiger partial charge >= 0.3 is 0 Å². The number of sulfonamides is 1. The highest BCUT2D eigenvalue weighted by molar-refractivity contribution is 7.96. The largest absolute Gasteiger partial charge is 0.395 e. The molecule has 0 saturated heterocycles. The van der Waals surface area contributed by atoms with Crippen LogP contribution in [-0.2, 0) is 16.6 Å². The molecule has 8 heteroatoms. The Morgan fingerprint density at radius 1 is 1.32 bits per heavy atom. The molecule has 1 aromatic carbocycles. The second-order valence-electron chi connectivity index (χ2n) is 5.79. The summed E-state index contributed by atoms with van der Waals surface area (Å²) in [5, 5.41) is 13.2. The third-order valence-electron chi connectivity index (χ3n) is 3.89. The number of aliphatic hydroxyl groups is 1. The number of nitrogens with one attached hydrogen (secondary N) is 2. The number of halogens is 1. The molecule has 2 rings (SSSR count). The predicted molar refractivity (Wildman–Crippen MR) is 105 cm³/mol. The van der Waals surface area contributed by atoms with E-state index in [1.54, 1.807) is 6.08 Å². The zero-order valence-electron chi connectivity index (χ0n) is 13.8. The van der Waals surface area contributed by atoms with E-state index in [2.05, 4.69) is 10.0 Å². The van der Waals surface area contributed by atoms with Crippen LogP contribution in [0.1, 0.15) is 18.9 Å². The number of thiocarbonyl (C=S) groups is 1. The fourth-order valence-electron chi connectivity index (χ4n) is 2.36. The molecule has 3 N–H and O–H groups in total. The van der Waals surface area contributed by atoms with E-state index in [0.29, 0.717) is 22.9 Å². The summed E-state index contributed by atoms with van der Waals surface area (Å²) in [6.07, 6.45) is 3.31. The van der Waals surface area contributed by atoms with Crippen molar-refractivity contribution in [3.63, 3.8) is 0 Å². The van der Waals surface area contributed by atoms with Crippen molar-refractivity contribution in [3.05, 3.63) is 58.0 Å². The molecule has 1 aliphatic rings. The van der Waals surface area contributed by atoms with Crippen LogP contribution in [0.2, 0.25) is 0 Å². The van der Waals surface area contributed by atoms with Crippen LogP contribution >= 0.6 is 23.8 Å². The van der Waals surface area contributed by atoms with Crippen molar-refractivity contribution in [2.45, 2.75) is 32.0 Å². The highest BCUT2D eigenvalue weighted by atomic mass is 35.5. The van der Waals surface area contributed by atoms with Gasteiger partial charge in [-0.15, -0.1) is 0 Å². The Morgan fingerprint density at radius 3 is 2.64 bits per heavy atom. The lowest BCUT2D eigenvalue weighted by Crippen LogP contribution is -2.50. The van der Waals surface area contributed by atoms with Crippen molar-refractivity contribution in [1.29, 1.82) is 0 Å². The molecule has 136 valence electrons. The molecular formula is C17H21ClN2O3S2. The Bertz CT molecular complexity index is 776. The first-order valence-electron chi connectivity index (χ1n) is 7.84. The monoisotopic (exact) mass is 400 g/mol. The summed E-state index contributed by atoms with van der Waals surface area (Å²) in [6, 6.07) is 8.75. The third kappa shape index (κ3) is 5.70. The van der Waals surface area contributed by atoms with Crippen molar-refractivity contribution in [3.8, 4) is 0 Å². The molecule has 0 radical (unpaired) electrons. The molecule has 0 aromatic heterocycles. The Kier molecular flexibility index (Phi) is 7.30. The predicted octanol–water partition coefficient (Wildman–Crippen LogP) is 2.23. The molecule has 0 bridgehead atoms. The lowest BCUT2D eigenvalue weighted by Gasteiger charge is -2.25. The molecule has 1 aromatic rings. The molecule has 1 aliphatic carbocycles. The number of allylic oxidation sites excluding steroid dienone is 4. The molecule has 0 aliphatic heterocycles. The average molecular weight is 401 g/mol. The zero-order chi connectivity index (χ0) is 18.4. The lowest BCUT2D eigenvalue weighted by molar-refractivity contribution is 0.230. The van der Waals surface area contributed by atoms with E-state index >= 15 is 0 Å². The van der Waals surface area contributed by atoms with Gasteiger partial charge in [-0.2, -0.15) is 0 Å². The van der Waals surface area contributed by atoms with Gasteiger partial charge in [0.25, 0.3) is 0 Å². The van der Waals surface area contributed by atoms with E-state index < -0.39 is 16.1 Å². The normalized spacial score (nSPS) is 17.6. The highest BCUT2D eigenvalue weighted by Gasteiger charge is 2.28. The minimum absolute atomic E-state index is 0.0105. The van der Waals surface area contributed by atoms with E-state index in [1.165, 1.54) is 6.08 Å². The van der Waals surface area contributed by atoms with E-state index in [1.807, 2.05) is 37.3 Å².